The maximum absolute atomic E-state index is 13.8. The van der Waals surface area contributed by atoms with Gasteiger partial charge < -0.3 is 10.2 Å². The van der Waals surface area contributed by atoms with Crippen LogP contribution in [0.15, 0.2) is 12.1 Å². The minimum Gasteiger partial charge on any atom is -0.357 e. The Balaban J connectivity index is 2.37. The van der Waals surface area contributed by atoms with Crippen molar-refractivity contribution in [3.05, 3.63) is 29.3 Å². The average molecular weight is 254 g/mol. The van der Waals surface area contributed by atoms with E-state index in [9.17, 15) is 18.4 Å². The van der Waals surface area contributed by atoms with Crippen molar-refractivity contribution in [2.24, 2.45) is 0 Å². The van der Waals surface area contributed by atoms with Crippen molar-refractivity contribution in [3.8, 4) is 0 Å². The zero-order valence-corrected chi connectivity index (χ0v) is 9.58. The van der Waals surface area contributed by atoms with Crippen LogP contribution < -0.4 is 10.2 Å². The summed E-state index contributed by atoms with van der Waals surface area (Å²) in [7, 11) is 0. The Hall–Kier alpha value is -1.98. The topological polar surface area (TPSA) is 49.4 Å². The van der Waals surface area contributed by atoms with Gasteiger partial charge in [-0.1, -0.05) is 0 Å². The predicted octanol–water partition coefficient (Wildman–Crippen LogP) is 1.10. The number of amides is 1. The van der Waals surface area contributed by atoms with E-state index in [1.807, 2.05) is 0 Å². The molecule has 6 heteroatoms. The molecule has 0 bridgehead atoms. The normalized spacial score (nSPS) is 16.1. The van der Waals surface area contributed by atoms with Crippen LogP contribution in [-0.4, -0.2) is 31.8 Å². The highest BCUT2D eigenvalue weighted by Crippen LogP contribution is 2.25. The maximum Gasteiger partial charge on any atom is 0.239 e. The lowest BCUT2D eigenvalue weighted by atomic mass is 10.2. The summed E-state index contributed by atoms with van der Waals surface area (Å²) >= 11 is 0. The fourth-order valence-electron chi connectivity index (χ4n) is 1.95. The van der Waals surface area contributed by atoms with Crippen molar-refractivity contribution in [1.82, 2.24) is 5.32 Å². The Bertz CT molecular complexity index is 468. The first kappa shape index (κ1) is 12.5. The summed E-state index contributed by atoms with van der Waals surface area (Å²) in [6.07, 6.45) is 0.991. The van der Waals surface area contributed by atoms with Gasteiger partial charge in [-0.15, -0.1) is 0 Å². The molecule has 0 radical (unpaired) electrons. The molecule has 1 aromatic carbocycles. The van der Waals surface area contributed by atoms with Crippen LogP contribution >= 0.6 is 0 Å². The minimum atomic E-state index is -0.827. The number of nitrogens with zero attached hydrogens (tertiary/aromatic N) is 1. The van der Waals surface area contributed by atoms with E-state index in [4.69, 9.17) is 0 Å². The summed E-state index contributed by atoms with van der Waals surface area (Å²) in [5, 5.41) is 2.62. The number of halogens is 2. The molecule has 0 aliphatic carbocycles. The lowest BCUT2D eigenvalue weighted by Crippen LogP contribution is -2.34. The van der Waals surface area contributed by atoms with Crippen molar-refractivity contribution in [2.45, 2.75) is 6.42 Å². The third-order valence-corrected chi connectivity index (χ3v) is 2.75. The summed E-state index contributed by atoms with van der Waals surface area (Å²) in [5.74, 6) is -1.93. The molecule has 2 rings (SSSR count). The molecule has 0 atom stereocenters. The first-order valence-corrected chi connectivity index (χ1v) is 5.57. The molecule has 0 saturated carbocycles. The first-order valence-electron chi connectivity index (χ1n) is 5.57. The Morgan fingerprint density at radius 2 is 1.94 bits per heavy atom. The summed E-state index contributed by atoms with van der Waals surface area (Å²) < 4.78 is 27.5. The molecule has 1 N–H and O–H groups in total. The summed E-state index contributed by atoms with van der Waals surface area (Å²) in [5.41, 5.74) is -0.314. The van der Waals surface area contributed by atoms with Crippen LogP contribution in [0.3, 0.4) is 0 Å². The molecule has 0 aromatic heterocycles. The molecule has 18 heavy (non-hydrogen) atoms. The Labute approximate surface area is 103 Å². The summed E-state index contributed by atoms with van der Waals surface area (Å²) in [6, 6.07) is 1.93. The standard InChI is InChI=1S/C12H12F2N2O2/c13-9-4-8(7-17)5-10(14)12(9)16-3-1-2-15-11(18)6-16/h4-5,7H,1-3,6H2,(H,15,18). The number of rotatable bonds is 2. The van der Waals surface area contributed by atoms with Gasteiger partial charge in [0.15, 0.2) is 0 Å². The van der Waals surface area contributed by atoms with Crippen LogP contribution in [0.1, 0.15) is 16.8 Å². The number of carbonyl (C=O) groups excluding carboxylic acids is 2. The predicted molar refractivity (Wildman–Crippen MR) is 61.6 cm³/mol. The van der Waals surface area contributed by atoms with Crippen molar-refractivity contribution >= 4 is 17.9 Å². The van der Waals surface area contributed by atoms with Crippen molar-refractivity contribution < 1.29 is 18.4 Å². The molecule has 1 aliphatic heterocycles. The van der Waals surface area contributed by atoms with E-state index < -0.39 is 11.6 Å². The van der Waals surface area contributed by atoms with E-state index in [2.05, 4.69) is 5.32 Å². The van der Waals surface area contributed by atoms with Gasteiger partial charge in [0, 0.05) is 18.7 Å². The number of nitrogens with one attached hydrogen (secondary N) is 1. The zero-order valence-electron chi connectivity index (χ0n) is 9.58. The van der Waals surface area contributed by atoms with Gasteiger partial charge in [-0.25, -0.2) is 8.78 Å². The van der Waals surface area contributed by atoms with Gasteiger partial charge >= 0.3 is 0 Å². The number of hydrogen-bond donors (Lipinski definition) is 1. The Kier molecular flexibility index (Phi) is 3.55. The van der Waals surface area contributed by atoms with Crippen LogP contribution in [0.25, 0.3) is 0 Å². The van der Waals surface area contributed by atoms with E-state index in [1.165, 1.54) is 4.90 Å². The highest BCUT2D eigenvalue weighted by Gasteiger charge is 2.21. The van der Waals surface area contributed by atoms with Crippen LogP contribution in [0, 0.1) is 11.6 Å². The molecule has 1 amide bonds. The average Bonchev–Trinajstić information content (AvgIpc) is 2.53. The van der Waals surface area contributed by atoms with Gasteiger partial charge in [0.05, 0.1) is 6.54 Å². The van der Waals surface area contributed by atoms with Crippen molar-refractivity contribution in [3.63, 3.8) is 0 Å². The molecule has 1 aliphatic rings. The monoisotopic (exact) mass is 254 g/mol. The van der Waals surface area contributed by atoms with Crippen LogP contribution in [0.5, 0.6) is 0 Å². The van der Waals surface area contributed by atoms with Crippen LogP contribution in [0.2, 0.25) is 0 Å². The number of aldehydes is 1. The highest BCUT2D eigenvalue weighted by molar-refractivity contribution is 5.82. The van der Waals surface area contributed by atoms with Crippen LogP contribution in [-0.2, 0) is 4.79 Å². The molecular formula is C12H12F2N2O2. The smallest absolute Gasteiger partial charge is 0.239 e. The second-order valence-corrected chi connectivity index (χ2v) is 4.08. The second kappa shape index (κ2) is 5.12. The highest BCUT2D eigenvalue weighted by atomic mass is 19.1. The Morgan fingerprint density at radius 1 is 1.28 bits per heavy atom. The summed E-state index contributed by atoms with van der Waals surface area (Å²) in [6.45, 7) is 0.784. The van der Waals surface area contributed by atoms with E-state index in [0.717, 1.165) is 12.1 Å². The van der Waals surface area contributed by atoms with Crippen molar-refractivity contribution in [2.75, 3.05) is 24.5 Å². The molecular weight excluding hydrogens is 242 g/mol. The minimum absolute atomic E-state index is 0.0620. The summed E-state index contributed by atoms with van der Waals surface area (Å²) in [4.78, 5) is 23.2. The molecule has 1 aromatic rings. The largest absolute Gasteiger partial charge is 0.357 e. The third-order valence-electron chi connectivity index (χ3n) is 2.75. The van der Waals surface area contributed by atoms with E-state index in [1.54, 1.807) is 0 Å². The third kappa shape index (κ3) is 2.47. The van der Waals surface area contributed by atoms with Crippen LogP contribution in [0.4, 0.5) is 14.5 Å². The molecule has 1 fully saturated rings. The lowest BCUT2D eigenvalue weighted by Gasteiger charge is -2.22. The van der Waals surface area contributed by atoms with E-state index >= 15 is 0 Å². The lowest BCUT2D eigenvalue weighted by molar-refractivity contribution is -0.119. The van der Waals surface area contributed by atoms with Gasteiger partial charge in [0.25, 0.3) is 0 Å². The van der Waals surface area contributed by atoms with Gasteiger partial charge in [0.1, 0.15) is 23.6 Å². The quantitative estimate of drug-likeness (QED) is 0.804. The molecule has 1 saturated heterocycles. The number of benzene rings is 1. The number of carbonyl (C=O) groups is 2. The number of anilines is 1. The van der Waals surface area contributed by atoms with E-state index in [-0.39, 0.29) is 23.7 Å². The van der Waals surface area contributed by atoms with Gasteiger partial charge in [0.2, 0.25) is 5.91 Å². The molecule has 0 spiro atoms. The first-order chi connectivity index (χ1) is 8.61. The van der Waals surface area contributed by atoms with Crippen molar-refractivity contribution in [1.29, 1.82) is 0 Å². The van der Waals surface area contributed by atoms with E-state index in [0.29, 0.717) is 25.8 Å². The molecule has 0 unspecified atom stereocenters. The Morgan fingerprint density at radius 3 is 2.56 bits per heavy atom. The fourth-order valence-corrected chi connectivity index (χ4v) is 1.95. The van der Waals surface area contributed by atoms with Gasteiger partial charge in [-0.2, -0.15) is 0 Å². The van der Waals surface area contributed by atoms with Gasteiger partial charge in [-0.3, -0.25) is 9.59 Å². The maximum atomic E-state index is 13.8. The second-order valence-electron chi connectivity index (χ2n) is 4.08. The molecule has 1 heterocycles. The number of hydrogen-bond acceptors (Lipinski definition) is 3. The molecule has 4 nitrogen and oxygen atoms in total. The molecule has 96 valence electrons. The van der Waals surface area contributed by atoms with Gasteiger partial charge in [-0.05, 0) is 18.6 Å². The zero-order chi connectivity index (χ0) is 13.1. The fraction of sp³-hybridized carbons (Fsp3) is 0.333. The SMILES string of the molecule is O=Cc1cc(F)c(N2CCCNC(=O)C2)c(F)c1.